The van der Waals surface area contributed by atoms with Gasteiger partial charge in [-0.15, -0.1) is 0 Å². The summed E-state index contributed by atoms with van der Waals surface area (Å²) in [7, 11) is 0. The average Bonchev–Trinajstić information content (AvgIpc) is 3.48. The third-order valence-corrected chi connectivity index (χ3v) is 7.19. The molecular weight excluding hydrogens is 436 g/mol. The Kier molecular flexibility index (Phi) is 4.88. The zero-order valence-electron chi connectivity index (χ0n) is 18.5. The van der Waals surface area contributed by atoms with E-state index in [4.69, 9.17) is 4.74 Å². The van der Waals surface area contributed by atoms with Crippen LogP contribution in [0.3, 0.4) is 0 Å². The second-order valence-electron chi connectivity index (χ2n) is 9.19. The molecule has 6 rings (SSSR count). The highest BCUT2D eigenvalue weighted by atomic mass is 16.6. The summed E-state index contributed by atoms with van der Waals surface area (Å²) in [6.07, 6.45) is 2.21. The van der Waals surface area contributed by atoms with Gasteiger partial charge in [-0.2, -0.15) is 0 Å². The van der Waals surface area contributed by atoms with Crippen molar-refractivity contribution in [2.75, 3.05) is 19.7 Å². The second-order valence-corrected chi connectivity index (χ2v) is 9.19. The van der Waals surface area contributed by atoms with Crippen LogP contribution in [0.25, 0.3) is 10.9 Å². The third-order valence-electron chi connectivity index (χ3n) is 7.19. The molecule has 1 N–H and O–H groups in total. The largest absolute Gasteiger partial charge is 0.376 e. The number of aromatic nitrogens is 1. The molecule has 9 nitrogen and oxygen atoms in total. The Morgan fingerprint density at radius 1 is 1.15 bits per heavy atom. The summed E-state index contributed by atoms with van der Waals surface area (Å²) in [5, 5.41) is 12.5. The number of nitro benzene ring substituents is 1. The summed E-state index contributed by atoms with van der Waals surface area (Å²) in [5.74, 6) is -0.259. The summed E-state index contributed by atoms with van der Waals surface area (Å²) in [6, 6.07) is 12.9. The maximum absolute atomic E-state index is 13.7. The first-order valence-electron chi connectivity index (χ1n) is 11.6. The van der Waals surface area contributed by atoms with Gasteiger partial charge in [-0.05, 0) is 30.0 Å². The van der Waals surface area contributed by atoms with E-state index in [2.05, 4.69) is 4.98 Å². The van der Waals surface area contributed by atoms with Crippen molar-refractivity contribution in [3.63, 3.8) is 0 Å². The van der Waals surface area contributed by atoms with Crippen LogP contribution in [0.15, 0.2) is 48.5 Å². The molecule has 2 saturated heterocycles. The van der Waals surface area contributed by atoms with Crippen molar-refractivity contribution in [1.29, 1.82) is 0 Å². The standard InChI is InChI=1S/C25H24N4O5/c30-22-14-27(13-17-7-4-10-34-17)25(31)21-12-19-18-8-1-2-9-20(18)26-23(19)24(28(21)22)15-5-3-6-16(11-15)29(32)33/h1-3,5-6,8-9,11,17,21,24,26H,4,7,10,12-14H2/t17?,21-,24?/m0/s1. The predicted molar refractivity (Wildman–Crippen MR) is 123 cm³/mol. The van der Waals surface area contributed by atoms with Crippen LogP contribution in [-0.2, 0) is 20.7 Å². The van der Waals surface area contributed by atoms with Crippen LogP contribution in [0.4, 0.5) is 5.69 Å². The molecule has 4 heterocycles. The van der Waals surface area contributed by atoms with Gasteiger partial charge in [-0.1, -0.05) is 30.3 Å². The minimum Gasteiger partial charge on any atom is -0.376 e. The number of amides is 2. The molecule has 0 saturated carbocycles. The molecule has 1 aromatic heterocycles. The number of carbonyl (C=O) groups excluding carboxylic acids is 2. The summed E-state index contributed by atoms with van der Waals surface area (Å²) < 4.78 is 5.72. The quantitative estimate of drug-likeness (QED) is 0.476. The molecular formula is C25H24N4O5. The van der Waals surface area contributed by atoms with Crippen LogP contribution in [0.2, 0.25) is 0 Å². The van der Waals surface area contributed by atoms with Crippen molar-refractivity contribution < 1.29 is 19.2 Å². The van der Waals surface area contributed by atoms with Gasteiger partial charge in [0.25, 0.3) is 5.69 Å². The third kappa shape index (κ3) is 3.27. The number of nitrogens with zero attached hydrogens (tertiary/aromatic N) is 3. The molecule has 3 aliphatic rings. The smallest absolute Gasteiger partial charge is 0.269 e. The van der Waals surface area contributed by atoms with E-state index in [1.165, 1.54) is 12.1 Å². The molecule has 174 valence electrons. The van der Waals surface area contributed by atoms with Crippen molar-refractivity contribution in [2.24, 2.45) is 0 Å². The molecule has 34 heavy (non-hydrogen) atoms. The summed E-state index contributed by atoms with van der Waals surface area (Å²) in [6.45, 7) is 1.08. The van der Waals surface area contributed by atoms with Gasteiger partial charge in [-0.3, -0.25) is 19.7 Å². The summed E-state index contributed by atoms with van der Waals surface area (Å²) >= 11 is 0. The number of nitro groups is 1. The van der Waals surface area contributed by atoms with E-state index in [0.717, 1.165) is 35.0 Å². The Bertz CT molecular complexity index is 1310. The van der Waals surface area contributed by atoms with E-state index in [9.17, 15) is 19.7 Å². The maximum Gasteiger partial charge on any atom is 0.269 e. The molecule has 2 fully saturated rings. The van der Waals surface area contributed by atoms with Crippen molar-refractivity contribution in [1.82, 2.24) is 14.8 Å². The van der Waals surface area contributed by atoms with Crippen LogP contribution in [-0.4, -0.2) is 63.4 Å². The number of fused-ring (bicyclic) bond motifs is 4. The first-order valence-corrected chi connectivity index (χ1v) is 11.6. The molecule has 0 bridgehead atoms. The van der Waals surface area contributed by atoms with Gasteiger partial charge in [0.2, 0.25) is 11.8 Å². The molecule has 3 atom stereocenters. The number of benzene rings is 2. The average molecular weight is 460 g/mol. The van der Waals surface area contributed by atoms with Gasteiger partial charge in [0, 0.05) is 48.3 Å². The first-order chi connectivity index (χ1) is 16.5. The van der Waals surface area contributed by atoms with Crippen LogP contribution >= 0.6 is 0 Å². The predicted octanol–water partition coefficient (Wildman–Crippen LogP) is 2.94. The highest BCUT2D eigenvalue weighted by Crippen LogP contribution is 2.43. The van der Waals surface area contributed by atoms with Gasteiger partial charge in [0.05, 0.1) is 23.6 Å². The van der Waals surface area contributed by atoms with E-state index >= 15 is 0 Å². The molecule has 3 aliphatic heterocycles. The normalized spacial score (nSPS) is 24.4. The second kappa shape index (κ2) is 7.95. The lowest BCUT2D eigenvalue weighted by molar-refractivity contribution is -0.384. The molecule has 2 amide bonds. The van der Waals surface area contributed by atoms with Gasteiger partial charge in [0.15, 0.2) is 0 Å². The molecule has 2 aromatic carbocycles. The monoisotopic (exact) mass is 460 g/mol. The molecule has 2 unspecified atom stereocenters. The number of rotatable bonds is 4. The van der Waals surface area contributed by atoms with E-state index in [0.29, 0.717) is 25.1 Å². The maximum atomic E-state index is 13.7. The van der Waals surface area contributed by atoms with Gasteiger partial charge in [0.1, 0.15) is 6.04 Å². The number of carbonyl (C=O) groups is 2. The number of non-ortho nitro benzene ring substituents is 1. The molecule has 0 radical (unpaired) electrons. The lowest BCUT2D eigenvalue weighted by atomic mass is 9.86. The lowest BCUT2D eigenvalue weighted by Crippen LogP contribution is -2.63. The lowest BCUT2D eigenvalue weighted by Gasteiger charge is -2.47. The van der Waals surface area contributed by atoms with E-state index in [-0.39, 0.29) is 30.2 Å². The number of nitrogens with one attached hydrogen (secondary N) is 1. The fraction of sp³-hybridized carbons (Fsp3) is 0.360. The first kappa shape index (κ1) is 20.9. The topological polar surface area (TPSA) is 109 Å². The van der Waals surface area contributed by atoms with Crippen molar-refractivity contribution in [2.45, 2.75) is 37.5 Å². The number of hydrogen-bond acceptors (Lipinski definition) is 5. The Labute approximate surface area is 195 Å². The highest BCUT2D eigenvalue weighted by molar-refractivity contribution is 5.97. The Hall–Kier alpha value is -3.72. The zero-order valence-corrected chi connectivity index (χ0v) is 18.5. The Morgan fingerprint density at radius 2 is 2.00 bits per heavy atom. The highest BCUT2D eigenvalue weighted by Gasteiger charge is 2.48. The van der Waals surface area contributed by atoms with Crippen LogP contribution in [0.5, 0.6) is 0 Å². The number of aromatic amines is 1. The SMILES string of the molecule is O=C1[C@@H]2Cc3c([nH]c4ccccc34)C(c3cccc([N+](=O)[O-])c3)N2C(=O)CN1CC1CCCO1. The number of H-pyrrole nitrogens is 1. The fourth-order valence-corrected chi connectivity index (χ4v) is 5.67. The molecule has 3 aromatic rings. The van der Waals surface area contributed by atoms with E-state index in [1.807, 2.05) is 24.3 Å². The minimum absolute atomic E-state index is 0.0177. The Morgan fingerprint density at radius 3 is 2.79 bits per heavy atom. The zero-order chi connectivity index (χ0) is 23.4. The van der Waals surface area contributed by atoms with Crippen LogP contribution in [0, 0.1) is 10.1 Å². The number of para-hydroxylation sites is 1. The molecule has 0 aliphatic carbocycles. The van der Waals surface area contributed by atoms with Crippen molar-refractivity contribution in [3.8, 4) is 0 Å². The number of piperazine rings is 1. The van der Waals surface area contributed by atoms with Gasteiger partial charge in [-0.25, -0.2) is 0 Å². The van der Waals surface area contributed by atoms with Crippen LogP contribution < -0.4 is 0 Å². The Balaban J connectivity index is 1.47. The van der Waals surface area contributed by atoms with E-state index < -0.39 is 17.0 Å². The van der Waals surface area contributed by atoms with Crippen molar-refractivity contribution in [3.05, 3.63) is 75.5 Å². The summed E-state index contributed by atoms with van der Waals surface area (Å²) in [5.41, 5.74) is 3.27. The van der Waals surface area contributed by atoms with Gasteiger partial charge < -0.3 is 19.5 Å². The van der Waals surface area contributed by atoms with E-state index in [1.54, 1.807) is 21.9 Å². The number of ether oxygens (including phenoxy) is 1. The number of hydrogen-bond donors (Lipinski definition) is 1. The van der Waals surface area contributed by atoms with Crippen molar-refractivity contribution >= 4 is 28.4 Å². The molecule has 9 heteroatoms. The fourth-order valence-electron chi connectivity index (χ4n) is 5.67. The molecule has 0 spiro atoms. The minimum atomic E-state index is -0.668. The van der Waals surface area contributed by atoms with Gasteiger partial charge >= 0.3 is 0 Å². The van der Waals surface area contributed by atoms with Crippen LogP contribution in [0.1, 0.15) is 35.7 Å². The summed E-state index contributed by atoms with van der Waals surface area (Å²) in [4.78, 5) is 44.9.